The first-order valence-corrected chi connectivity index (χ1v) is 12.8. The number of fused-ring (bicyclic) bond motifs is 1. The maximum absolute atomic E-state index is 13.9. The second-order valence-corrected chi connectivity index (χ2v) is 9.15. The van der Waals surface area contributed by atoms with Crippen molar-refractivity contribution in [2.45, 2.75) is 32.7 Å². The Bertz CT molecular complexity index is 1560. The van der Waals surface area contributed by atoms with Gasteiger partial charge in [-0.15, -0.1) is 0 Å². The van der Waals surface area contributed by atoms with Gasteiger partial charge in [-0.2, -0.15) is 5.26 Å². The third-order valence-electron chi connectivity index (χ3n) is 5.82. The van der Waals surface area contributed by atoms with E-state index in [2.05, 4.69) is 0 Å². The molecular formula is C28H27N3O5S. The molecule has 0 fully saturated rings. The Morgan fingerprint density at radius 3 is 2.59 bits per heavy atom. The molecule has 0 bridgehead atoms. The van der Waals surface area contributed by atoms with E-state index in [0.717, 1.165) is 6.42 Å². The Hall–Kier alpha value is -4.16. The van der Waals surface area contributed by atoms with E-state index in [-0.39, 0.29) is 18.8 Å². The number of nitrogens with zero attached hydrogens (tertiary/aromatic N) is 3. The Morgan fingerprint density at radius 2 is 1.89 bits per heavy atom. The molecule has 1 aromatic heterocycles. The van der Waals surface area contributed by atoms with Gasteiger partial charge in [0.1, 0.15) is 23.6 Å². The van der Waals surface area contributed by atoms with Crippen LogP contribution in [0.15, 0.2) is 69.6 Å². The Kier molecular flexibility index (Phi) is 8.21. The second kappa shape index (κ2) is 11.7. The van der Waals surface area contributed by atoms with Gasteiger partial charge in [0.25, 0.3) is 5.56 Å². The van der Waals surface area contributed by atoms with Gasteiger partial charge in [0.2, 0.25) is 0 Å². The number of esters is 1. The second-order valence-electron chi connectivity index (χ2n) is 8.14. The van der Waals surface area contributed by atoms with Crippen LogP contribution in [0.4, 0.5) is 0 Å². The third-order valence-corrected chi connectivity index (χ3v) is 6.81. The zero-order chi connectivity index (χ0) is 26.4. The normalized spacial score (nSPS) is 15.0. The summed E-state index contributed by atoms with van der Waals surface area (Å²) in [5.74, 6) is 0.544. The van der Waals surface area contributed by atoms with E-state index in [4.69, 9.17) is 24.5 Å². The average Bonchev–Trinajstić information content (AvgIpc) is 3.22. The molecule has 0 saturated carbocycles. The Balaban J connectivity index is 2.00. The quantitative estimate of drug-likeness (QED) is 0.403. The number of carbonyl (C=O) groups is 1. The number of hydrogen-bond donors (Lipinski definition) is 0. The first kappa shape index (κ1) is 25.9. The van der Waals surface area contributed by atoms with Crippen molar-refractivity contribution in [2.24, 2.45) is 4.99 Å². The maximum atomic E-state index is 13.9. The van der Waals surface area contributed by atoms with E-state index in [9.17, 15) is 9.59 Å². The fourth-order valence-corrected chi connectivity index (χ4v) is 5.30. The van der Waals surface area contributed by atoms with Crippen LogP contribution in [0.3, 0.4) is 0 Å². The minimum atomic E-state index is -0.764. The zero-order valence-electron chi connectivity index (χ0n) is 20.9. The predicted octanol–water partition coefficient (Wildman–Crippen LogP) is 3.49. The van der Waals surface area contributed by atoms with Crippen LogP contribution in [0.25, 0.3) is 6.08 Å². The minimum Gasteiger partial charge on any atom is -0.496 e. The summed E-state index contributed by atoms with van der Waals surface area (Å²) in [6.45, 7) is 3.85. The van der Waals surface area contributed by atoms with E-state index in [1.165, 1.54) is 11.3 Å². The van der Waals surface area contributed by atoms with E-state index in [1.54, 1.807) is 42.9 Å². The molecule has 8 nitrogen and oxygen atoms in total. The molecule has 0 amide bonds. The van der Waals surface area contributed by atoms with Crippen LogP contribution in [0.5, 0.6) is 11.5 Å². The van der Waals surface area contributed by atoms with Crippen LogP contribution < -0.4 is 24.4 Å². The number of carbonyl (C=O) groups excluding carboxylic acids is 1. The van der Waals surface area contributed by atoms with Gasteiger partial charge in [0.05, 0.1) is 29.5 Å². The highest BCUT2D eigenvalue weighted by Crippen LogP contribution is 2.36. The lowest BCUT2D eigenvalue weighted by Gasteiger charge is -2.26. The summed E-state index contributed by atoms with van der Waals surface area (Å²) in [5, 5.41) is 8.92. The summed E-state index contributed by atoms with van der Waals surface area (Å²) < 4.78 is 18.6. The lowest BCUT2D eigenvalue weighted by atomic mass is 9.93. The number of ether oxygens (including phenoxy) is 3. The molecule has 4 rings (SSSR count). The number of hydrogen-bond acceptors (Lipinski definition) is 8. The summed E-state index contributed by atoms with van der Waals surface area (Å²) in [6.07, 6.45) is 3.04. The highest BCUT2D eigenvalue weighted by atomic mass is 32.1. The van der Waals surface area contributed by atoms with Crippen molar-refractivity contribution in [1.29, 1.82) is 5.26 Å². The number of thiazole rings is 1. The molecule has 9 heteroatoms. The van der Waals surface area contributed by atoms with E-state index in [1.807, 2.05) is 43.3 Å². The van der Waals surface area contributed by atoms with Gasteiger partial charge < -0.3 is 14.2 Å². The van der Waals surface area contributed by atoms with Crippen LogP contribution >= 0.6 is 11.3 Å². The summed E-state index contributed by atoms with van der Waals surface area (Å²) in [6, 6.07) is 15.7. The Morgan fingerprint density at radius 1 is 1.16 bits per heavy atom. The summed E-state index contributed by atoms with van der Waals surface area (Å²) >= 11 is 1.24. The zero-order valence-corrected chi connectivity index (χ0v) is 21.7. The van der Waals surface area contributed by atoms with Gasteiger partial charge in [-0.05, 0) is 31.6 Å². The third kappa shape index (κ3) is 5.20. The number of allylic oxidation sites excluding steroid dienone is 1. The standard InChI is InChI=1S/C28H27N3O5S/c1-4-10-20-24(27(33)35-5-2)25(19-12-7-9-14-22(19)34-3)31-26(32)23(37-28(31)30-20)17-18-11-6-8-13-21(18)36-16-15-29/h6-9,11-14,17,25H,4-5,10,16H2,1-3H3/b23-17-/t25-/m1/s1. The minimum absolute atomic E-state index is 0.108. The molecule has 0 N–H and O–H groups in total. The van der Waals surface area contributed by atoms with Crippen molar-refractivity contribution >= 4 is 23.4 Å². The van der Waals surface area contributed by atoms with E-state index < -0.39 is 12.0 Å². The van der Waals surface area contributed by atoms with Gasteiger partial charge in [0, 0.05) is 11.1 Å². The maximum Gasteiger partial charge on any atom is 0.338 e. The van der Waals surface area contributed by atoms with Crippen LogP contribution in [0.1, 0.15) is 43.9 Å². The molecule has 0 spiro atoms. The van der Waals surface area contributed by atoms with Crippen LogP contribution in [-0.4, -0.2) is 30.9 Å². The van der Waals surface area contributed by atoms with Gasteiger partial charge in [0.15, 0.2) is 11.4 Å². The van der Waals surface area contributed by atoms with Crippen molar-refractivity contribution in [3.8, 4) is 17.6 Å². The van der Waals surface area contributed by atoms with Crippen LogP contribution in [0.2, 0.25) is 0 Å². The van der Waals surface area contributed by atoms with Gasteiger partial charge in [-0.1, -0.05) is 61.1 Å². The Labute approximate surface area is 218 Å². The SMILES string of the molecule is CCCC1=C(C(=O)OCC)[C@@H](c2ccccc2OC)n2c(s/c(=C\c3ccccc3OCC#N)c2=O)=N1. The topological polar surface area (TPSA) is 103 Å². The molecule has 1 aliphatic heterocycles. The lowest BCUT2D eigenvalue weighted by Crippen LogP contribution is -2.40. The van der Waals surface area contributed by atoms with Crippen LogP contribution in [0, 0.1) is 11.3 Å². The molecule has 2 heterocycles. The highest BCUT2D eigenvalue weighted by molar-refractivity contribution is 7.07. The molecule has 1 atom stereocenters. The van der Waals surface area contributed by atoms with Gasteiger partial charge in [-0.3, -0.25) is 9.36 Å². The number of methoxy groups -OCH3 is 1. The average molecular weight is 518 g/mol. The molecule has 190 valence electrons. The number of para-hydroxylation sites is 2. The van der Waals surface area contributed by atoms with Gasteiger partial charge in [-0.25, -0.2) is 9.79 Å². The van der Waals surface area contributed by atoms with E-state index >= 15 is 0 Å². The molecular weight excluding hydrogens is 490 g/mol. The largest absolute Gasteiger partial charge is 0.496 e. The number of benzene rings is 2. The lowest BCUT2D eigenvalue weighted by molar-refractivity contribution is -0.139. The smallest absolute Gasteiger partial charge is 0.338 e. The number of aromatic nitrogens is 1. The fourth-order valence-electron chi connectivity index (χ4n) is 4.29. The monoisotopic (exact) mass is 517 g/mol. The molecule has 0 aliphatic carbocycles. The highest BCUT2D eigenvalue weighted by Gasteiger charge is 2.35. The molecule has 37 heavy (non-hydrogen) atoms. The number of rotatable bonds is 9. The molecule has 2 aromatic carbocycles. The summed E-state index contributed by atoms with van der Waals surface area (Å²) in [7, 11) is 1.56. The fraction of sp³-hybridized carbons (Fsp3) is 0.286. The van der Waals surface area contributed by atoms with Crippen molar-refractivity contribution in [1.82, 2.24) is 4.57 Å². The predicted molar refractivity (Wildman–Crippen MR) is 140 cm³/mol. The summed E-state index contributed by atoms with van der Waals surface area (Å²) in [4.78, 5) is 32.4. The molecule has 1 aliphatic rings. The first-order valence-electron chi connectivity index (χ1n) is 12.0. The molecule has 0 unspecified atom stereocenters. The molecule has 0 radical (unpaired) electrons. The van der Waals surface area contributed by atoms with Crippen molar-refractivity contribution < 1.29 is 19.0 Å². The molecule has 0 saturated heterocycles. The summed E-state index contributed by atoms with van der Waals surface area (Å²) in [5.41, 5.74) is 1.97. The van der Waals surface area contributed by atoms with Crippen molar-refractivity contribution in [2.75, 3.05) is 20.3 Å². The van der Waals surface area contributed by atoms with Crippen molar-refractivity contribution in [3.05, 3.63) is 90.6 Å². The van der Waals surface area contributed by atoms with E-state index in [0.29, 0.717) is 49.7 Å². The van der Waals surface area contributed by atoms with Crippen molar-refractivity contribution in [3.63, 3.8) is 0 Å². The first-order chi connectivity index (χ1) is 18.0. The van der Waals surface area contributed by atoms with Gasteiger partial charge >= 0.3 is 5.97 Å². The number of nitriles is 1. The van der Waals surface area contributed by atoms with Crippen LogP contribution in [-0.2, 0) is 9.53 Å². The molecule has 3 aromatic rings.